The second-order valence-electron chi connectivity index (χ2n) is 4.03. The normalized spacial score (nSPS) is 10.8. The Morgan fingerprint density at radius 3 is 2.94 bits per heavy atom. The summed E-state index contributed by atoms with van der Waals surface area (Å²) in [6.45, 7) is 0. The monoisotopic (exact) mass is 249 g/mol. The molecule has 0 aliphatic heterocycles. The number of nitrogens with zero attached hydrogens (tertiary/aromatic N) is 1. The van der Waals surface area contributed by atoms with E-state index in [4.69, 9.17) is 4.42 Å². The highest BCUT2D eigenvalue weighted by Crippen LogP contribution is 2.15. The van der Waals surface area contributed by atoms with Gasteiger partial charge in [-0.15, -0.1) is 0 Å². The molecular formula is C12H15N3O3. The van der Waals surface area contributed by atoms with Crippen molar-refractivity contribution in [2.75, 3.05) is 7.05 Å². The number of carbonyl (C=O) groups excluding carboxylic acids is 1. The van der Waals surface area contributed by atoms with E-state index in [1.165, 1.54) is 4.57 Å². The van der Waals surface area contributed by atoms with Crippen molar-refractivity contribution < 1.29 is 9.21 Å². The number of rotatable bonds is 4. The third kappa shape index (κ3) is 2.43. The Bertz CT molecular complexity index is 627. The van der Waals surface area contributed by atoms with Gasteiger partial charge in [-0.1, -0.05) is 6.07 Å². The molecule has 1 aromatic carbocycles. The first-order valence-electron chi connectivity index (χ1n) is 5.66. The lowest BCUT2D eigenvalue weighted by Gasteiger charge is -2.03. The van der Waals surface area contributed by atoms with Crippen LogP contribution in [0.2, 0.25) is 0 Å². The first kappa shape index (κ1) is 12.4. The third-order valence-electron chi connectivity index (χ3n) is 2.76. The number of hydrogen-bond donors (Lipinski definition) is 2. The van der Waals surface area contributed by atoms with Crippen LogP contribution in [0.15, 0.2) is 27.4 Å². The van der Waals surface area contributed by atoms with Crippen molar-refractivity contribution in [1.82, 2.24) is 15.4 Å². The summed E-state index contributed by atoms with van der Waals surface area (Å²) in [5, 5.41) is 0. The predicted molar refractivity (Wildman–Crippen MR) is 67.0 cm³/mol. The maximum Gasteiger partial charge on any atom is 0.419 e. The SMILES string of the molecule is CNNC(=O)CCc1ccc2oc(=O)n(C)c2c1. The molecule has 2 aromatic rings. The molecule has 18 heavy (non-hydrogen) atoms. The van der Waals surface area contributed by atoms with Crippen LogP contribution >= 0.6 is 0 Å². The van der Waals surface area contributed by atoms with Crippen LogP contribution in [0.25, 0.3) is 11.1 Å². The molecule has 0 atom stereocenters. The van der Waals surface area contributed by atoms with E-state index in [2.05, 4.69) is 10.9 Å². The average Bonchev–Trinajstić information content (AvgIpc) is 2.63. The van der Waals surface area contributed by atoms with Gasteiger partial charge in [0.15, 0.2) is 5.58 Å². The summed E-state index contributed by atoms with van der Waals surface area (Å²) in [6.07, 6.45) is 1.00. The smallest absolute Gasteiger partial charge is 0.408 e. The summed E-state index contributed by atoms with van der Waals surface area (Å²) in [6, 6.07) is 5.48. The highest BCUT2D eigenvalue weighted by atomic mass is 16.4. The van der Waals surface area contributed by atoms with E-state index in [1.807, 2.05) is 12.1 Å². The minimum Gasteiger partial charge on any atom is -0.408 e. The molecule has 2 rings (SSSR count). The van der Waals surface area contributed by atoms with Crippen LogP contribution in [0.1, 0.15) is 12.0 Å². The zero-order valence-electron chi connectivity index (χ0n) is 10.3. The zero-order valence-corrected chi connectivity index (χ0v) is 10.3. The molecule has 6 nitrogen and oxygen atoms in total. The van der Waals surface area contributed by atoms with Crippen LogP contribution in [0.4, 0.5) is 0 Å². The maximum atomic E-state index is 11.3. The van der Waals surface area contributed by atoms with E-state index in [-0.39, 0.29) is 11.7 Å². The molecule has 0 radical (unpaired) electrons. The van der Waals surface area contributed by atoms with E-state index in [0.717, 1.165) is 11.1 Å². The molecule has 0 unspecified atom stereocenters. The van der Waals surface area contributed by atoms with Crippen LogP contribution in [-0.2, 0) is 18.3 Å². The van der Waals surface area contributed by atoms with Gasteiger partial charge in [0.2, 0.25) is 5.91 Å². The molecule has 0 spiro atoms. The lowest BCUT2D eigenvalue weighted by molar-refractivity contribution is -0.121. The van der Waals surface area contributed by atoms with E-state index in [9.17, 15) is 9.59 Å². The Hall–Kier alpha value is -2.08. The van der Waals surface area contributed by atoms with E-state index in [0.29, 0.717) is 18.4 Å². The summed E-state index contributed by atoms with van der Waals surface area (Å²) in [7, 11) is 3.30. The van der Waals surface area contributed by atoms with Gasteiger partial charge in [-0.3, -0.25) is 14.8 Å². The fourth-order valence-electron chi connectivity index (χ4n) is 1.79. The van der Waals surface area contributed by atoms with Crippen LogP contribution in [0.5, 0.6) is 0 Å². The van der Waals surface area contributed by atoms with Crippen molar-refractivity contribution in [2.24, 2.45) is 7.05 Å². The molecule has 0 aliphatic rings. The molecule has 2 N–H and O–H groups in total. The van der Waals surface area contributed by atoms with E-state index in [1.54, 1.807) is 20.2 Å². The third-order valence-corrected chi connectivity index (χ3v) is 2.76. The largest absolute Gasteiger partial charge is 0.419 e. The number of carbonyl (C=O) groups is 1. The molecule has 1 aromatic heterocycles. The minimum absolute atomic E-state index is 0.0707. The topological polar surface area (TPSA) is 76.3 Å². The predicted octanol–water partition coefficient (Wildman–Crippen LogP) is 0.315. The lowest BCUT2D eigenvalue weighted by atomic mass is 10.1. The maximum absolute atomic E-state index is 11.3. The van der Waals surface area contributed by atoms with Crippen molar-refractivity contribution in [3.8, 4) is 0 Å². The molecule has 0 bridgehead atoms. The fourth-order valence-corrected chi connectivity index (χ4v) is 1.79. The van der Waals surface area contributed by atoms with Crippen molar-refractivity contribution in [2.45, 2.75) is 12.8 Å². The quantitative estimate of drug-likeness (QED) is 0.765. The standard InChI is InChI=1S/C12H15N3O3/c1-13-14-11(16)6-4-8-3-5-10-9(7-8)15(2)12(17)18-10/h3,5,7,13H,4,6H2,1-2H3,(H,14,16). The van der Waals surface area contributed by atoms with Gasteiger partial charge in [-0.25, -0.2) is 10.2 Å². The number of aromatic nitrogens is 1. The van der Waals surface area contributed by atoms with Gasteiger partial charge < -0.3 is 4.42 Å². The van der Waals surface area contributed by atoms with Crippen LogP contribution in [-0.4, -0.2) is 17.5 Å². The second-order valence-corrected chi connectivity index (χ2v) is 4.03. The molecule has 1 amide bonds. The van der Waals surface area contributed by atoms with Gasteiger partial charge >= 0.3 is 5.76 Å². The molecule has 96 valence electrons. The molecule has 0 saturated carbocycles. The number of nitrogens with one attached hydrogen (secondary N) is 2. The number of oxazole rings is 1. The van der Waals surface area contributed by atoms with Gasteiger partial charge in [0, 0.05) is 20.5 Å². The summed E-state index contributed by atoms with van der Waals surface area (Å²) >= 11 is 0. The number of hydrazine groups is 1. The van der Waals surface area contributed by atoms with Gasteiger partial charge in [-0.2, -0.15) is 0 Å². The Morgan fingerprint density at radius 1 is 1.44 bits per heavy atom. The number of benzene rings is 1. The first-order chi connectivity index (χ1) is 8.61. The zero-order chi connectivity index (χ0) is 13.1. The summed E-state index contributed by atoms with van der Waals surface area (Å²) in [5.41, 5.74) is 7.39. The fraction of sp³-hybridized carbons (Fsp3) is 0.333. The number of aryl methyl sites for hydroxylation is 2. The molecule has 6 heteroatoms. The van der Waals surface area contributed by atoms with Gasteiger partial charge in [-0.05, 0) is 24.1 Å². The van der Waals surface area contributed by atoms with Crippen molar-refractivity contribution >= 4 is 17.0 Å². The highest BCUT2D eigenvalue weighted by molar-refractivity contribution is 5.76. The van der Waals surface area contributed by atoms with Crippen molar-refractivity contribution in [3.63, 3.8) is 0 Å². The number of fused-ring (bicyclic) bond motifs is 1. The molecule has 0 fully saturated rings. The molecular weight excluding hydrogens is 234 g/mol. The number of hydrogen-bond acceptors (Lipinski definition) is 4. The van der Waals surface area contributed by atoms with Crippen LogP contribution < -0.4 is 16.6 Å². The molecule has 0 saturated heterocycles. The van der Waals surface area contributed by atoms with E-state index >= 15 is 0 Å². The Labute approximate surface area is 104 Å². The Kier molecular flexibility index (Phi) is 3.47. The lowest BCUT2D eigenvalue weighted by Crippen LogP contribution is -2.34. The average molecular weight is 249 g/mol. The summed E-state index contributed by atoms with van der Waals surface area (Å²) in [5.74, 6) is -0.450. The van der Waals surface area contributed by atoms with Crippen molar-refractivity contribution in [1.29, 1.82) is 0 Å². The van der Waals surface area contributed by atoms with Crippen LogP contribution in [0, 0.1) is 0 Å². The first-order valence-corrected chi connectivity index (χ1v) is 5.66. The van der Waals surface area contributed by atoms with Gasteiger partial charge in [0.05, 0.1) is 5.52 Å². The van der Waals surface area contributed by atoms with Crippen LogP contribution in [0.3, 0.4) is 0 Å². The Morgan fingerprint density at radius 2 is 2.22 bits per heavy atom. The number of amides is 1. The molecule has 1 heterocycles. The second kappa shape index (κ2) is 5.05. The highest BCUT2D eigenvalue weighted by Gasteiger charge is 2.07. The van der Waals surface area contributed by atoms with Crippen molar-refractivity contribution in [3.05, 3.63) is 34.3 Å². The molecule has 0 aliphatic carbocycles. The summed E-state index contributed by atoms with van der Waals surface area (Å²) in [4.78, 5) is 22.6. The summed E-state index contributed by atoms with van der Waals surface area (Å²) < 4.78 is 6.49. The van der Waals surface area contributed by atoms with Gasteiger partial charge in [0.1, 0.15) is 0 Å². The minimum atomic E-state index is -0.380. The van der Waals surface area contributed by atoms with E-state index < -0.39 is 0 Å². The van der Waals surface area contributed by atoms with Gasteiger partial charge in [0.25, 0.3) is 0 Å². The Balaban J connectivity index is 2.17.